The number of carbonyl (C=O) groups excluding carboxylic acids is 1. The number of para-hydroxylation sites is 1. The van der Waals surface area contributed by atoms with Gasteiger partial charge in [-0.15, -0.1) is 11.3 Å². The average Bonchev–Trinajstić information content (AvgIpc) is 3.21. The number of fused-ring (bicyclic) bond motifs is 1. The van der Waals surface area contributed by atoms with Crippen LogP contribution in [0.25, 0.3) is 10.2 Å². The van der Waals surface area contributed by atoms with Crippen LogP contribution in [-0.2, 0) is 5.75 Å². The molecule has 152 valence electrons. The summed E-state index contributed by atoms with van der Waals surface area (Å²) in [6, 6.07) is 21.0. The second-order valence-corrected chi connectivity index (χ2v) is 8.71. The molecule has 0 aliphatic rings. The molecule has 30 heavy (non-hydrogen) atoms. The first-order chi connectivity index (χ1) is 14.7. The zero-order valence-corrected chi connectivity index (χ0v) is 18.2. The quantitative estimate of drug-likeness (QED) is 0.368. The number of ether oxygens (including phenoxy) is 2. The van der Waals surface area contributed by atoms with Gasteiger partial charge >= 0.3 is 0 Å². The van der Waals surface area contributed by atoms with E-state index in [0.29, 0.717) is 22.7 Å². The lowest BCUT2D eigenvalue weighted by atomic mass is 10.1. The first kappa shape index (κ1) is 20.3. The van der Waals surface area contributed by atoms with Gasteiger partial charge in [0.05, 0.1) is 30.1 Å². The van der Waals surface area contributed by atoms with Crippen molar-refractivity contribution in [1.82, 2.24) is 4.98 Å². The van der Waals surface area contributed by atoms with Crippen LogP contribution in [0, 0.1) is 0 Å². The Morgan fingerprint density at radius 2 is 1.83 bits per heavy atom. The zero-order chi connectivity index (χ0) is 20.9. The number of anilines is 1. The summed E-state index contributed by atoms with van der Waals surface area (Å²) < 4.78 is 12.8. The van der Waals surface area contributed by atoms with Gasteiger partial charge in [-0.1, -0.05) is 36.0 Å². The minimum atomic E-state index is -0.191. The molecule has 0 fully saturated rings. The summed E-state index contributed by atoms with van der Waals surface area (Å²) in [6.45, 7) is 0. The lowest BCUT2D eigenvalue weighted by Gasteiger charge is -2.12. The molecule has 0 aliphatic carbocycles. The fourth-order valence-electron chi connectivity index (χ4n) is 2.91. The van der Waals surface area contributed by atoms with Crippen molar-refractivity contribution in [3.8, 4) is 11.5 Å². The fraction of sp³-hybridized carbons (Fsp3) is 0.130. The normalized spacial score (nSPS) is 10.7. The van der Waals surface area contributed by atoms with Crippen LogP contribution in [0.2, 0.25) is 0 Å². The summed E-state index contributed by atoms with van der Waals surface area (Å²) in [6.07, 6.45) is 0. The predicted octanol–water partition coefficient (Wildman–Crippen LogP) is 5.86. The molecule has 0 saturated carbocycles. The zero-order valence-electron chi connectivity index (χ0n) is 16.5. The number of carbonyl (C=O) groups is 1. The van der Waals surface area contributed by atoms with E-state index in [1.54, 1.807) is 55.5 Å². The minimum Gasteiger partial charge on any atom is -0.497 e. The summed E-state index contributed by atoms with van der Waals surface area (Å²) >= 11 is 3.40. The Kier molecular flexibility index (Phi) is 6.21. The highest BCUT2D eigenvalue weighted by Crippen LogP contribution is 2.32. The first-order valence-electron chi connectivity index (χ1n) is 9.27. The number of rotatable bonds is 7. The fourth-order valence-corrected chi connectivity index (χ4v) is 4.93. The summed E-state index contributed by atoms with van der Waals surface area (Å²) in [5.41, 5.74) is 3.35. The monoisotopic (exact) mass is 436 g/mol. The average molecular weight is 437 g/mol. The van der Waals surface area contributed by atoms with Crippen molar-refractivity contribution >= 4 is 44.9 Å². The molecule has 0 aliphatic heterocycles. The molecule has 7 heteroatoms. The van der Waals surface area contributed by atoms with Crippen molar-refractivity contribution in [1.29, 1.82) is 0 Å². The van der Waals surface area contributed by atoms with Gasteiger partial charge in [-0.05, 0) is 42.0 Å². The molecule has 1 amide bonds. The molecule has 0 spiro atoms. The molecule has 4 aromatic rings. The summed E-state index contributed by atoms with van der Waals surface area (Å²) in [5.74, 6) is 1.82. The molecule has 0 unspecified atom stereocenters. The van der Waals surface area contributed by atoms with Gasteiger partial charge in [-0.2, -0.15) is 0 Å². The number of thioether (sulfide) groups is 1. The number of aromatic nitrogens is 1. The van der Waals surface area contributed by atoms with Crippen LogP contribution in [0.4, 0.5) is 5.69 Å². The number of hydrogen-bond donors (Lipinski definition) is 1. The van der Waals surface area contributed by atoms with E-state index in [-0.39, 0.29) is 5.91 Å². The van der Waals surface area contributed by atoms with Crippen LogP contribution < -0.4 is 14.8 Å². The Bertz CT molecular complexity index is 1140. The summed E-state index contributed by atoms with van der Waals surface area (Å²) in [7, 11) is 3.14. The van der Waals surface area contributed by atoms with Gasteiger partial charge in [0.1, 0.15) is 11.5 Å². The minimum absolute atomic E-state index is 0.191. The third-order valence-corrected chi connectivity index (χ3v) is 6.76. The number of methoxy groups -OCH3 is 2. The molecule has 0 bridgehead atoms. The third kappa shape index (κ3) is 4.58. The van der Waals surface area contributed by atoms with Gasteiger partial charge in [0.15, 0.2) is 4.34 Å². The molecule has 0 atom stereocenters. The van der Waals surface area contributed by atoms with Crippen LogP contribution in [0.5, 0.6) is 11.5 Å². The van der Waals surface area contributed by atoms with Crippen LogP contribution in [0.3, 0.4) is 0 Å². The van der Waals surface area contributed by atoms with Crippen LogP contribution in [-0.4, -0.2) is 25.1 Å². The number of nitrogens with one attached hydrogen (secondary N) is 1. The van der Waals surface area contributed by atoms with E-state index in [1.807, 2.05) is 42.5 Å². The molecule has 1 N–H and O–H groups in total. The number of nitrogens with zero attached hydrogens (tertiary/aromatic N) is 1. The Balaban J connectivity index is 1.39. The molecule has 0 saturated heterocycles. The van der Waals surface area contributed by atoms with Crippen molar-refractivity contribution in [3.63, 3.8) is 0 Å². The standard InChI is InChI=1S/C23H20N2O3S2/c1-27-17-11-12-18(20(13-17)28-2)24-22(26)16-9-7-15(8-10-16)14-29-23-25-19-5-3-4-6-21(19)30-23/h3-13H,14H2,1-2H3,(H,24,26). The summed E-state index contributed by atoms with van der Waals surface area (Å²) in [4.78, 5) is 17.3. The number of thiazole rings is 1. The third-order valence-electron chi connectivity index (χ3n) is 4.51. The van der Waals surface area contributed by atoms with Gasteiger partial charge < -0.3 is 14.8 Å². The highest BCUT2D eigenvalue weighted by atomic mass is 32.2. The number of amides is 1. The maximum Gasteiger partial charge on any atom is 0.255 e. The van der Waals surface area contributed by atoms with Gasteiger partial charge in [-0.3, -0.25) is 4.79 Å². The Hall–Kier alpha value is -3.03. The lowest BCUT2D eigenvalue weighted by Crippen LogP contribution is -2.12. The molecule has 1 aromatic heterocycles. The lowest BCUT2D eigenvalue weighted by molar-refractivity contribution is 0.102. The van der Waals surface area contributed by atoms with Crippen molar-refractivity contribution in [2.45, 2.75) is 10.1 Å². The van der Waals surface area contributed by atoms with E-state index in [9.17, 15) is 4.79 Å². The maximum absolute atomic E-state index is 12.6. The predicted molar refractivity (Wildman–Crippen MR) is 123 cm³/mol. The van der Waals surface area contributed by atoms with E-state index >= 15 is 0 Å². The van der Waals surface area contributed by atoms with Crippen molar-refractivity contribution < 1.29 is 14.3 Å². The van der Waals surface area contributed by atoms with Crippen molar-refractivity contribution in [2.75, 3.05) is 19.5 Å². The number of benzene rings is 3. The first-order valence-corrected chi connectivity index (χ1v) is 11.1. The van der Waals surface area contributed by atoms with E-state index in [2.05, 4.69) is 16.4 Å². The molecule has 0 radical (unpaired) electrons. The second kappa shape index (κ2) is 9.19. The van der Waals surface area contributed by atoms with Gasteiger partial charge in [0.2, 0.25) is 0 Å². The van der Waals surface area contributed by atoms with Gasteiger partial charge in [-0.25, -0.2) is 4.98 Å². The molecule has 4 rings (SSSR count). The topological polar surface area (TPSA) is 60.5 Å². The van der Waals surface area contributed by atoms with Crippen LogP contribution >= 0.6 is 23.1 Å². The summed E-state index contributed by atoms with van der Waals surface area (Å²) in [5, 5.41) is 2.89. The molecule has 1 heterocycles. The molecular weight excluding hydrogens is 416 g/mol. The SMILES string of the molecule is COc1ccc(NC(=O)c2ccc(CSc3nc4ccccc4s3)cc2)c(OC)c1. The highest BCUT2D eigenvalue weighted by Gasteiger charge is 2.11. The molecule has 3 aromatic carbocycles. The Morgan fingerprint density at radius 3 is 2.57 bits per heavy atom. The smallest absolute Gasteiger partial charge is 0.255 e. The van der Waals surface area contributed by atoms with E-state index in [0.717, 1.165) is 21.2 Å². The van der Waals surface area contributed by atoms with Gasteiger partial charge in [0, 0.05) is 17.4 Å². The maximum atomic E-state index is 12.6. The highest BCUT2D eigenvalue weighted by molar-refractivity contribution is 8.00. The van der Waals surface area contributed by atoms with Crippen molar-refractivity contribution in [2.24, 2.45) is 0 Å². The van der Waals surface area contributed by atoms with Crippen molar-refractivity contribution in [3.05, 3.63) is 77.9 Å². The largest absolute Gasteiger partial charge is 0.497 e. The molecular formula is C23H20N2O3S2. The van der Waals surface area contributed by atoms with Gasteiger partial charge in [0.25, 0.3) is 5.91 Å². The van der Waals surface area contributed by atoms with Crippen LogP contribution in [0.1, 0.15) is 15.9 Å². The molecule has 5 nitrogen and oxygen atoms in total. The number of hydrogen-bond acceptors (Lipinski definition) is 6. The van der Waals surface area contributed by atoms with E-state index in [1.165, 1.54) is 4.70 Å². The van der Waals surface area contributed by atoms with E-state index in [4.69, 9.17) is 9.47 Å². The van der Waals surface area contributed by atoms with Crippen LogP contribution in [0.15, 0.2) is 71.1 Å². The van der Waals surface area contributed by atoms with E-state index < -0.39 is 0 Å². The Labute approximate surface area is 183 Å². The second-order valence-electron chi connectivity index (χ2n) is 6.45. The Morgan fingerprint density at radius 1 is 1.03 bits per heavy atom.